The van der Waals surface area contributed by atoms with Crippen LogP contribution in [0.3, 0.4) is 0 Å². The Morgan fingerprint density at radius 1 is 0.288 bits per heavy atom. The minimum absolute atomic E-state index is 0.103. The van der Waals surface area contributed by atoms with Crippen molar-refractivity contribution >= 4 is 17.9 Å². The summed E-state index contributed by atoms with van der Waals surface area (Å²) in [4.78, 5) is 38.3. The number of hydrogen-bond acceptors (Lipinski definition) is 6. The van der Waals surface area contributed by atoms with Crippen molar-refractivity contribution in [3.63, 3.8) is 0 Å². The van der Waals surface area contributed by atoms with E-state index in [0.29, 0.717) is 19.3 Å². The van der Waals surface area contributed by atoms with E-state index in [4.69, 9.17) is 14.2 Å². The van der Waals surface area contributed by atoms with Gasteiger partial charge in [0.05, 0.1) is 0 Å². The SMILES string of the molecule is CC\C=C/C=C\C=C/C=C\C=C\C=C/CCCCCC(=O)OCC(COC(=O)CCCCCCCCCCC/C=C\C/C=C\C/C=C\CC)OC(=O)CCCCCCCCCCC/C=C\C/C=C\C/C=C\CC. The van der Waals surface area contributed by atoms with Gasteiger partial charge in [-0.25, -0.2) is 0 Å². The molecular formula is C67H106O6. The number of hydrogen-bond donors (Lipinski definition) is 0. The zero-order valence-electron chi connectivity index (χ0n) is 46.8. The van der Waals surface area contributed by atoms with Gasteiger partial charge in [0.1, 0.15) is 13.2 Å². The predicted octanol–water partition coefficient (Wildman–Crippen LogP) is 20.0. The van der Waals surface area contributed by atoms with Gasteiger partial charge in [0.25, 0.3) is 0 Å². The average molecular weight is 1010 g/mol. The van der Waals surface area contributed by atoms with Gasteiger partial charge >= 0.3 is 17.9 Å². The number of ether oxygens (including phenoxy) is 3. The van der Waals surface area contributed by atoms with Crippen LogP contribution in [-0.4, -0.2) is 37.2 Å². The fourth-order valence-electron chi connectivity index (χ4n) is 7.68. The molecule has 1 atom stereocenters. The largest absolute Gasteiger partial charge is 0.462 e. The molecule has 73 heavy (non-hydrogen) atoms. The molecule has 0 radical (unpaired) electrons. The number of esters is 3. The van der Waals surface area contributed by atoms with E-state index in [1.54, 1.807) is 0 Å². The molecule has 0 aromatic heterocycles. The molecule has 0 aromatic rings. The van der Waals surface area contributed by atoms with Crippen LogP contribution in [0.4, 0.5) is 0 Å². The van der Waals surface area contributed by atoms with E-state index in [1.165, 1.54) is 77.0 Å². The topological polar surface area (TPSA) is 78.9 Å². The lowest BCUT2D eigenvalue weighted by molar-refractivity contribution is -0.167. The normalized spacial score (nSPS) is 13.2. The number of carbonyl (C=O) groups excluding carboxylic acids is 3. The van der Waals surface area contributed by atoms with Crippen molar-refractivity contribution in [3.8, 4) is 0 Å². The summed E-state index contributed by atoms with van der Waals surface area (Å²) in [5.74, 6) is -0.962. The van der Waals surface area contributed by atoms with Crippen molar-refractivity contribution in [2.75, 3.05) is 13.2 Å². The highest BCUT2D eigenvalue weighted by atomic mass is 16.6. The van der Waals surface area contributed by atoms with E-state index in [-0.39, 0.29) is 31.1 Å². The van der Waals surface area contributed by atoms with Crippen LogP contribution >= 0.6 is 0 Å². The Morgan fingerprint density at radius 3 is 0.945 bits per heavy atom. The van der Waals surface area contributed by atoms with Crippen LogP contribution in [0.25, 0.3) is 0 Å². The lowest BCUT2D eigenvalue weighted by Gasteiger charge is -2.18. The third-order valence-electron chi connectivity index (χ3n) is 12.0. The van der Waals surface area contributed by atoms with Gasteiger partial charge in [-0.2, -0.15) is 0 Å². The van der Waals surface area contributed by atoms with Crippen LogP contribution in [0, 0.1) is 0 Å². The van der Waals surface area contributed by atoms with Gasteiger partial charge < -0.3 is 14.2 Å². The Labute approximate surface area is 448 Å². The monoisotopic (exact) mass is 1010 g/mol. The number of allylic oxidation sites excluding steroid dienone is 24. The second kappa shape index (κ2) is 59.8. The zero-order chi connectivity index (χ0) is 52.9. The highest BCUT2D eigenvalue weighted by molar-refractivity contribution is 5.71. The van der Waals surface area contributed by atoms with Crippen LogP contribution in [0.2, 0.25) is 0 Å². The van der Waals surface area contributed by atoms with Crippen LogP contribution in [0.1, 0.15) is 239 Å². The first-order valence-electron chi connectivity index (χ1n) is 29.4. The van der Waals surface area contributed by atoms with Gasteiger partial charge in [-0.1, -0.05) is 263 Å². The first-order valence-corrected chi connectivity index (χ1v) is 29.4. The van der Waals surface area contributed by atoms with Gasteiger partial charge in [-0.3, -0.25) is 14.4 Å². The van der Waals surface area contributed by atoms with E-state index in [9.17, 15) is 14.4 Å². The summed E-state index contributed by atoms with van der Waals surface area (Å²) in [6.07, 6.45) is 85.5. The molecule has 0 spiro atoms. The molecule has 0 aliphatic rings. The lowest BCUT2D eigenvalue weighted by atomic mass is 10.1. The summed E-state index contributed by atoms with van der Waals surface area (Å²) in [7, 11) is 0. The maximum Gasteiger partial charge on any atom is 0.306 e. The minimum Gasteiger partial charge on any atom is -0.462 e. The first-order chi connectivity index (χ1) is 36.0. The van der Waals surface area contributed by atoms with Gasteiger partial charge in [0.15, 0.2) is 6.10 Å². The molecule has 0 aliphatic carbocycles. The van der Waals surface area contributed by atoms with Crippen LogP contribution in [0.5, 0.6) is 0 Å². The summed E-state index contributed by atoms with van der Waals surface area (Å²) in [5.41, 5.74) is 0. The molecule has 0 saturated carbocycles. The molecule has 1 unspecified atom stereocenters. The molecule has 0 fully saturated rings. The van der Waals surface area contributed by atoms with Crippen molar-refractivity contribution in [1.29, 1.82) is 0 Å². The minimum atomic E-state index is -0.810. The van der Waals surface area contributed by atoms with Gasteiger partial charge in [0, 0.05) is 19.3 Å². The lowest BCUT2D eigenvalue weighted by Crippen LogP contribution is -2.30. The van der Waals surface area contributed by atoms with Crippen molar-refractivity contribution in [1.82, 2.24) is 0 Å². The van der Waals surface area contributed by atoms with Crippen LogP contribution in [0.15, 0.2) is 146 Å². The molecule has 0 heterocycles. The Balaban J connectivity index is 4.50. The maximum atomic E-state index is 12.9. The molecule has 0 amide bonds. The van der Waals surface area contributed by atoms with E-state index < -0.39 is 6.10 Å². The summed E-state index contributed by atoms with van der Waals surface area (Å²) in [6, 6.07) is 0. The Bertz CT molecular complexity index is 1630. The second-order valence-electron chi connectivity index (χ2n) is 18.9. The fourth-order valence-corrected chi connectivity index (χ4v) is 7.68. The van der Waals surface area contributed by atoms with Gasteiger partial charge in [-0.05, 0) is 103 Å². The highest BCUT2D eigenvalue weighted by Gasteiger charge is 2.19. The molecule has 6 nitrogen and oxygen atoms in total. The standard InChI is InChI=1S/C67H106O6/c1-4-7-10-13-16-19-22-25-28-31-33-36-39-42-45-48-51-54-57-60-66(69)72-63-64(62-71-65(68)59-56-53-50-47-44-41-38-35-30-27-24-21-18-15-12-9-6-3)73-67(70)61-58-55-52-49-46-43-40-37-34-32-29-26-23-20-17-14-11-8-5-2/h7-12,15-21,24-30,35,38,41,44,64H,4-6,13-14,22-23,31-34,36-37,39-40,42-43,45-63H2,1-3H3/b10-7-,11-8-,12-9-,18-15-,19-16-,20-17-,24-21-,28-25-,29-26-,30-27-,38-35+,44-41-. The third kappa shape index (κ3) is 58.1. The Morgan fingerprint density at radius 2 is 0.562 bits per heavy atom. The quantitative estimate of drug-likeness (QED) is 0.0199. The number of unbranched alkanes of at least 4 members (excludes halogenated alkanes) is 21. The smallest absolute Gasteiger partial charge is 0.306 e. The molecule has 0 bridgehead atoms. The molecular weight excluding hydrogens is 901 g/mol. The molecule has 0 aromatic carbocycles. The summed E-state index contributed by atoms with van der Waals surface area (Å²) < 4.78 is 16.9. The second-order valence-corrected chi connectivity index (χ2v) is 18.9. The molecule has 0 N–H and O–H groups in total. The molecule has 410 valence electrons. The van der Waals surface area contributed by atoms with Crippen LogP contribution < -0.4 is 0 Å². The first kappa shape index (κ1) is 68.3. The predicted molar refractivity (Wildman–Crippen MR) is 315 cm³/mol. The van der Waals surface area contributed by atoms with E-state index in [0.717, 1.165) is 122 Å². The third-order valence-corrected chi connectivity index (χ3v) is 12.0. The molecule has 6 heteroatoms. The zero-order valence-corrected chi connectivity index (χ0v) is 46.8. The Hall–Kier alpha value is -4.71. The Kier molecular flexibility index (Phi) is 56.0. The molecule has 0 rings (SSSR count). The highest BCUT2D eigenvalue weighted by Crippen LogP contribution is 2.15. The van der Waals surface area contributed by atoms with Crippen molar-refractivity contribution in [3.05, 3.63) is 146 Å². The van der Waals surface area contributed by atoms with Crippen LogP contribution in [-0.2, 0) is 28.6 Å². The van der Waals surface area contributed by atoms with Gasteiger partial charge in [-0.15, -0.1) is 0 Å². The van der Waals surface area contributed by atoms with E-state index in [2.05, 4.69) is 106 Å². The van der Waals surface area contributed by atoms with E-state index >= 15 is 0 Å². The van der Waals surface area contributed by atoms with Crippen molar-refractivity contribution in [2.24, 2.45) is 0 Å². The molecule has 0 aliphatic heterocycles. The maximum absolute atomic E-state index is 12.9. The molecule has 0 saturated heterocycles. The van der Waals surface area contributed by atoms with Crippen molar-refractivity contribution in [2.45, 2.75) is 245 Å². The van der Waals surface area contributed by atoms with E-state index in [1.807, 2.05) is 60.8 Å². The van der Waals surface area contributed by atoms with Crippen molar-refractivity contribution < 1.29 is 28.6 Å². The fraction of sp³-hybridized carbons (Fsp3) is 0.597. The average Bonchev–Trinajstić information content (AvgIpc) is 3.39. The number of rotatable bonds is 51. The number of carbonyl (C=O) groups is 3. The summed E-state index contributed by atoms with van der Waals surface area (Å²) in [5, 5.41) is 0. The summed E-state index contributed by atoms with van der Waals surface area (Å²) in [6.45, 7) is 6.23. The van der Waals surface area contributed by atoms with Gasteiger partial charge in [0.2, 0.25) is 0 Å². The summed E-state index contributed by atoms with van der Waals surface area (Å²) >= 11 is 0.